The molecule has 4 rings (SSSR count). The van der Waals surface area contributed by atoms with E-state index in [0.29, 0.717) is 17.8 Å². The molecule has 0 unspecified atom stereocenters. The van der Waals surface area contributed by atoms with Crippen LogP contribution in [0, 0.1) is 22.7 Å². The molecule has 2 fully saturated rings. The third kappa shape index (κ3) is 1.69. The fourth-order valence-electron chi connectivity index (χ4n) is 6.16. The van der Waals surface area contributed by atoms with Crippen LogP contribution in [0.3, 0.4) is 0 Å². The van der Waals surface area contributed by atoms with Crippen molar-refractivity contribution in [3.8, 4) is 0 Å². The molecule has 0 aromatic carbocycles. The van der Waals surface area contributed by atoms with Gasteiger partial charge in [-0.05, 0) is 61.3 Å². The van der Waals surface area contributed by atoms with E-state index in [-0.39, 0.29) is 11.5 Å². The minimum Gasteiger partial charge on any atom is -0.393 e. The van der Waals surface area contributed by atoms with Crippen LogP contribution in [-0.4, -0.2) is 21.9 Å². The summed E-state index contributed by atoms with van der Waals surface area (Å²) >= 11 is 0. The fourth-order valence-corrected chi connectivity index (χ4v) is 6.16. The zero-order valence-electron chi connectivity index (χ0n) is 14.2. The van der Waals surface area contributed by atoms with E-state index in [4.69, 9.17) is 0 Å². The second-order valence-electron chi connectivity index (χ2n) is 8.95. The van der Waals surface area contributed by atoms with Gasteiger partial charge in [0.05, 0.1) is 11.7 Å². The van der Waals surface area contributed by atoms with Crippen molar-refractivity contribution >= 4 is 0 Å². The average molecular weight is 302 g/mol. The van der Waals surface area contributed by atoms with Gasteiger partial charge in [-0.2, -0.15) is 0 Å². The standard InChI is InChI=1S/C20H30O2/c1-13-4-5-16-15-7-11-20(22)12-14(21)6-10-19(20,3)17(15)8-9-18(13,16)2/h7,11,13-14,17,21-22H,4-6,8-10,12H2,1-3H3/t13-,14-,17-,18+,19+,20+/m0/s1. The van der Waals surface area contributed by atoms with E-state index in [2.05, 4.69) is 26.8 Å². The molecule has 122 valence electrons. The highest BCUT2D eigenvalue weighted by atomic mass is 16.3. The maximum Gasteiger partial charge on any atom is 0.0914 e. The van der Waals surface area contributed by atoms with Crippen LogP contribution in [0.2, 0.25) is 0 Å². The summed E-state index contributed by atoms with van der Waals surface area (Å²) in [6, 6.07) is 0. The SMILES string of the molecule is C[C@H]1CCC2=C3C=C[C@@]4(O)C[C@@H](O)CC[C@]4(C)[C@H]3CC[C@@]21C. The Labute approximate surface area is 134 Å². The predicted octanol–water partition coefficient (Wildman–Crippen LogP) is 3.98. The molecule has 6 atom stereocenters. The van der Waals surface area contributed by atoms with Gasteiger partial charge in [-0.25, -0.2) is 0 Å². The minimum atomic E-state index is -0.822. The van der Waals surface area contributed by atoms with E-state index < -0.39 is 5.60 Å². The molecule has 0 bridgehead atoms. The van der Waals surface area contributed by atoms with Crippen molar-refractivity contribution < 1.29 is 10.2 Å². The molecule has 0 heterocycles. The van der Waals surface area contributed by atoms with Crippen molar-refractivity contribution in [1.29, 1.82) is 0 Å². The van der Waals surface area contributed by atoms with Crippen LogP contribution in [0.4, 0.5) is 0 Å². The van der Waals surface area contributed by atoms with Crippen molar-refractivity contribution in [2.45, 2.75) is 77.4 Å². The molecule has 0 radical (unpaired) electrons. The van der Waals surface area contributed by atoms with E-state index in [9.17, 15) is 10.2 Å². The molecule has 0 aromatic rings. The molecule has 2 saturated carbocycles. The van der Waals surface area contributed by atoms with Crippen molar-refractivity contribution in [3.05, 3.63) is 23.3 Å². The molecule has 4 aliphatic carbocycles. The van der Waals surface area contributed by atoms with Gasteiger partial charge in [-0.1, -0.05) is 38.5 Å². The molecule has 0 aliphatic heterocycles. The van der Waals surface area contributed by atoms with Gasteiger partial charge >= 0.3 is 0 Å². The first-order valence-corrected chi connectivity index (χ1v) is 9.13. The Hall–Kier alpha value is -0.600. The normalized spacial score (nSPS) is 54.0. The van der Waals surface area contributed by atoms with E-state index in [1.807, 2.05) is 6.08 Å². The van der Waals surface area contributed by atoms with Crippen LogP contribution >= 0.6 is 0 Å². The first-order valence-electron chi connectivity index (χ1n) is 9.13. The lowest BCUT2D eigenvalue weighted by molar-refractivity contribution is -0.131. The molecular weight excluding hydrogens is 272 g/mol. The van der Waals surface area contributed by atoms with Crippen molar-refractivity contribution in [2.24, 2.45) is 22.7 Å². The van der Waals surface area contributed by atoms with E-state index in [0.717, 1.165) is 18.8 Å². The summed E-state index contributed by atoms with van der Waals surface area (Å²) in [5.74, 6) is 1.26. The van der Waals surface area contributed by atoms with Gasteiger partial charge in [-0.15, -0.1) is 0 Å². The molecule has 2 nitrogen and oxygen atoms in total. The number of hydrogen-bond donors (Lipinski definition) is 2. The second-order valence-corrected chi connectivity index (χ2v) is 8.95. The summed E-state index contributed by atoms with van der Waals surface area (Å²) in [7, 11) is 0. The maximum atomic E-state index is 11.2. The Kier molecular flexibility index (Phi) is 3.05. The van der Waals surface area contributed by atoms with Crippen molar-refractivity contribution in [1.82, 2.24) is 0 Å². The highest BCUT2D eigenvalue weighted by molar-refractivity contribution is 5.44. The van der Waals surface area contributed by atoms with Crippen LogP contribution < -0.4 is 0 Å². The maximum absolute atomic E-state index is 11.2. The molecular formula is C20H30O2. The number of aliphatic hydroxyl groups is 2. The van der Waals surface area contributed by atoms with Crippen LogP contribution in [0.5, 0.6) is 0 Å². The van der Waals surface area contributed by atoms with Crippen molar-refractivity contribution in [2.75, 3.05) is 0 Å². The van der Waals surface area contributed by atoms with Gasteiger partial charge < -0.3 is 10.2 Å². The Morgan fingerprint density at radius 3 is 2.68 bits per heavy atom. The molecule has 0 saturated heterocycles. The van der Waals surface area contributed by atoms with Gasteiger partial charge in [-0.3, -0.25) is 0 Å². The van der Waals surface area contributed by atoms with Crippen LogP contribution in [-0.2, 0) is 0 Å². The largest absolute Gasteiger partial charge is 0.393 e. The summed E-state index contributed by atoms with van der Waals surface area (Å²) in [4.78, 5) is 0. The van der Waals surface area contributed by atoms with Gasteiger partial charge in [0.2, 0.25) is 0 Å². The smallest absolute Gasteiger partial charge is 0.0914 e. The minimum absolute atomic E-state index is 0.101. The number of allylic oxidation sites excluding steroid dienone is 3. The Morgan fingerprint density at radius 2 is 1.91 bits per heavy atom. The Balaban J connectivity index is 1.84. The molecule has 0 spiro atoms. The summed E-state index contributed by atoms with van der Waals surface area (Å²) in [6.45, 7) is 7.15. The van der Waals surface area contributed by atoms with Crippen molar-refractivity contribution in [3.63, 3.8) is 0 Å². The second kappa shape index (κ2) is 4.48. The first-order chi connectivity index (χ1) is 10.3. The molecule has 4 aliphatic rings. The lowest BCUT2D eigenvalue weighted by atomic mass is 9.49. The van der Waals surface area contributed by atoms with Crippen LogP contribution in [0.25, 0.3) is 0 Å². The highest BCUT2D eigenvalue weighted by Gasteiger charge is 2.58. The Bertz CT molecular complexity index is 562. The zero-order valence-corrected chi connectivity index (χ0v) is 14.2. The molecule has 22 heavy (non-hydrogen) atoms. The summed E-state index contributed by atoms with van der Waals surface area (Å²) in [6.07, 6.45) is 11.2. The Morgan fingerprint density at radius 1 is 1.14 bits per heavy atom. The molecule has 2 N–H and O–H groups in total. The summed E-state index contributed by atoms with van der Waals surface area (Å²) in [5, 5.41) is 21.3. The number of rotatable bonds is 0. The number of fused-ring (bicyclic) bond motifs is 4. The number of aliphatic hydroxyl groups excluding tert-OH is 1. The third-order valence-corrected chi connectivity index (χ3v) is 8.12. The molecule has 2 heteroatoms. The quantitative estimate of drug-likeness (QED) is 0.710. The lowest BCUT2D eigenvalue weighted by Crippen LogP contribution is -2.57. The summed E-state index contributed by atoms with van der Waals surface area (Å²) < 4.78 is 0. The van der Waals surface area contributed by atoms with Crippen LogP contribution in [0.1, 0.15) is 65.7 Å². The topological polar surface area (TPSA) is 40.5 Å². The first kappa shape index (κ1) is 15.0. The zero-order chi connectivity index (χ0) is 15.8. The monoisotopic (exact) mass is 302 g/mol. The van der Waals surface area contributed by atoms with Gasteiger partial charge in [0.1, 0.15) is 0 Å². The van der Waals surface area contributed by atoms with E-state index in [1.54, 1.807) is 11.1 Å². The third-order valence-electron chi connectivity index (χ3n) is 8.12. The summed E-state index contributed by atoms with van der Waals surface area (Å²) in [5.41, 5.74) is 2.69. The molecule has 0 amide bonds. The van der Waals surface area contributed by atoms with Gasteiger partial charge in [0.25, 0.3) is 0 Å². The van der Waals surface area contributed by atoms with E-state index >= 15 is 0 Å². The van der Waals surface area contributed by atoms with E-state index in [1.165, 1.54) is 25.7 Å². The molecule has 0 aromatic heterocycles. The average Bonchev–Trinajstić information content (AvgIpc) is 2.76. The fraction of sp³-hybridized carbons (Fsp3) is 0.800. The lowest BCUT2D eigenvalue weighted by Gasteiger charge is -2.58. The highest BCUT2D eigenvalue weighted by Crippen LogP contribution is 2.64. The van der Waals surface area contributed by atoms with Crippen LogP contribution in [0.15, 0.2) is 23.3 Å². The van der Waals surface area contributed by atoms with Gasteiger partial charge in [0, 0.05) is 11.8 Å². The predicted molar refractivity (Wildman–Crippen MR) is 88.3 cm³/mol. The van der Waals surface area contributed by atoms with Gasteiger partial charge in [0.15, 0.2) is 0 Å². The number of hydrogen-bond acceptors (Lipinski definition) is 2.